The summed E-state index contributed by atoms with van der Waals surface area (Å²) in [5.41, 5.74) is 6.01. The Labute approximate surface area is 170 Å². The van der Waals surface area contributed by atoms with Gasteiger partial charge in [0.15, 0.2) is 11.5 Å². The van der Waals surface area contributed by atoms with E-state index in [4.69, 9.17) is 9.47 Å². The van der Waals surface area contributed by atoms with E-state index in [9.17, 15) is 4.79 Å². The molecule has 29 heavy (non-hydrogen) atoms. The third-order valence-corrected chi connectivity index (χ3v) is 5.46. The van der Waals surface area contributed by atoms with Crippen LogP contribution >= 0.6 is 0 Å². The number of H-pyrrole nitrogens is 1. The van der Waals surface area contributed by atoms with Crippen LogP contribution in [0.5, 0.6) is 11.5 Å². The van der Waals surface area contributed by atoms with E-state index in [-0.39, 0.29) is 5.91 Å². The van der Waals surface area contributed by atoms with Gasteiger partial charge >= 0.3 is 0 Å². The fraction of sp³-hybridized carbons (Fsp3) is 0.292. The third-order valence-electron chi connectivity index (χ3n) is 5.46. The molecule has 2 N–H and O–H groups in total. The fourth-order valence-electron chi connectivity index (χ4n) is 3.94. The van der Waals surface area contributed by atoms with Crippen molar-refractivity contribution < 1.29 is 14.3 Å². The van der Waals surface area contributed by atoms with Crippen LogP contribution in [-0.4, -0.2) is 25.1 Å². The Bertz CT molecular complexity index is 1070. The summed E-state index contributed by atoms with van der Waals surface area (Å²) in [6.45, 7) is 0.505. The first kappa shape index (κ1) is 19.1. The molecule has 0 unspecified atom stereocenters. The number of fused-ring (bicyclic) bond motifs is 3. The second-order valence-electron chi connectivity index (χ2n) is 7.33. The van der Waals surface area contributed by atoms with Crippen LogP contribution in [-0.2, 0) is 24.2 Å². The van der Waals surface area contributed by atoms with Crippen LogP contribution < -0.4 is 14.8 Å². The quantitative estimate of drug-likeness (QED) is 0.614. The second kappa shape index (κ2) is 8.43. The highest BCUT2D eigenvalue weighted by molar-refractivity contribution is 5.92. The molecule has 0 saturated heterocycles. The standard InChI is InChI=1S/C24H26N2O3/c1-28-22-11-8-16(14-23(22)29-2)9-12-24(27)25-15-17-7-10-21-19(13-17)18-5-3-4-6-20(18)26-21/h7-14,26H,3-6,15H2,1-2H3,(H,25,27). The molecule has 0 spiro atoms. The second-order valence-corrected chi connectivity index (χ2v) is 7.33. The maximum atomic E-state index is 12.3. The van der Waals surface area contributed by atoms with Crippen molar-refractivity contribution in [2.24, 2.45) is 0 Å². The molecule has 1 heterocycles. The molecule has 150 valence electrons. The number of aryl methyl sites for hydroxylation is 2. The van der Waals surface area contributed by atoms with Crippen LogP contribution in [0, 0.1) is 0 Å². The van der Waals surface area contributed by atoms with Crippen LogP contribution in [0.3, 0.4) is 0 Å². The Balaban J connectivity index is 1.41. The summed E-state index contributed by atoms with van der Waals surface area (Å²) < 4.78 is 10.5. The largest absolute Gasteiger partial charge is 0.493 e. The summed E-state index contributed by atoms with van der Waals surface area (Å²) in [6, 6.07) is 11.9. The number of hydrogen-bond acceptors (Lipinski definition) is 3. The zero-order valence-electron chi connectivity index (χ0n) is 16.9. The molecule has 0 atom stereocenters. The monoisotopic (exact) mass is 390 g/mol. The Morgan fingerprint density at radius 2 is 1.90 bits per heavy atom. The lowest BCUT2D eigenvalue weighted by Gasteiger charge is -2.10. The zero-order valence-corrected chi connectivity index (χ0v) is 16.9. The smallest absolute Gasteiger partial charge is 0.244 e. The molecule has 5 heteroatoms. The van der Waals surface area contributed by atoms with Gasteiger partial charge in [0.2, 0.25) is 5.91 Å². The van der Waals surface area contributed by atoms with Crippen LogP contribution in [0.4, 0.5) is 0 Å². The van der Waals surface area contributed by atoms with E-state index >= 15 is 0 Å². The minimum atomic E-state index is -0.129. The summed E-state index contributed by atoms with van der Waals surface area (Å²) in [7, 11) is 3.19. The fourth-order valence-corrected chi connectivity index (χ4v) is 3.94. The van der Waals surface area contributed by atoms with E-state index in [1.54, 1.807) is 20.3 Å². The highest BCUT2D eigenvalue weighted by Gasteiger charge is 2.15. The van der Waals surface area contributed by atoms with Crippen molar-refractivity contribution in [1.82, 2.24) is 10.3 Å². The van der Waals surface area contributed by atoms with Crippen molar-refractivity contribution in [2.45, 2.75) is 32.2 Å². The average Bonchev–Trinajstić information content (AvgIpc) is 3.14. The SMILES string of the molecule is COc1ccc(C=CC(=O)NCc2ccc3[nH]c4c(c3c2)CCCC4)cc1OC. The highest BCUT2D eigenvalue weighted by atomic mass is 16.5. The van der Waals surface area contributed by atoms with E-state index in [0.29, 0.717) is 18.0 Å². The molecule has 5 nitrogen and oxygen atoms in total. The molecule has 1 aliphatic rings. The molecule has 1 aromatic heterocycles. The predicted octanol–water partition coefficient (Wildman–Crippen LogP) is 4.39. The number of hydrogen-bond donors (Lipinski definition) is 2. The lowest BCUT2D eigenvalue weighted by Crippen LogP contribution is -2.20. The first-order valence-electron chi connectivity index (χ1n) is 9.98. The summed E-state index contributed by atoms with van der Waals surface area (Å²) in [4.78, 5) is 15.8. The van der Waals surface area contributed by atoms with E-state index in [1.807, 2.05) is 18.2 Å². The number of aromatic nitrogens is 1. The number of rotatable bonds is 6. The number of aromatic amines is 1. The van der Waals surface area contributed by atoms with Gasteiger partial charge < -0.3 is 19.8 Å². The molecule has 1 amide bonds. The van der Waals surface area contributed by atoms with E-state index in [0.717, 1.165) is 24.0 Å². The van der Waals surface area contributed by atoms with Gasteiger partial charge in [0.05, 0.1) is 14.2 Å². The Kier molecular flexibility index (Phi) is 5.56. The topological polar surface area (TPSA) is 63.3 Å². The predicted molar refractivity (Wildman–Crippen MR) is 115 cm³/mol. The van der Waals surface area contributed by atoms with Crippen LogP contribution in [0.1, 0.15) is 35.2 Å². The van der Waals surface area contributed by atoms with Gasteiger partial charge in [0.25, 0.3) is 0 Å². The number of benzene rings is 2. The van der Waals surface area contributed by atoms with Gasteiger partial charge in [-0.15, -0.1) is 0 Å². The summed E-state index contributed by atoms with van der Waals surface area (Å²) in [6.07, 6.45) is 8.09. The van der Waals surface area contributed by atoms with Crippen molar-refractivity contribution in [1.29, 1.82) is 0 Å². The Morgan fingerprint density at radius 3 is 2.72 bits per heavy atom. The van der Waals surface area contributed by atoms with Gasteiger partial charge in [0.1, 0.15) is 0 Å². The van der Waals surface area contributed by atoms with Crippen molar-refractivity contribution in [3.63, 3.8) is 0 Å². The van der Waals surface area contributed by atoms with E-state index in [2.05, 4.69) is 28.5 Å². The molecule has 0 fully saturated rings. The van der Waals surface area contributed by atoms with Crippen LogP contribution in [0.25, 0.3) is 17.0 Å². The lowest BCUT2D eigenvalue weighted by molar-refractivity contribution is -0.116. The summed E-state index contributed by atoms with van der Waals surface area (Å²) >= 11 is 0. The van der Waals surface area contributed by atoms with Gasteiger partial charge in [-0.05, 0) is 72.7 Å². The number of ether oxygens (including phenoxy) is 2. The zero-order chi connectivity index (χ0) is 20.2. The van der Waals surface area contributed by atoms with E-state index < -0.39 is 0 Å². The number of amides is 1. The Hall–Kier alpha value is -3.21. The van der Waals surface area contributed by atoms with Crippen LogP contribution in [0.2, 0.25) is 0 Å². The molecule has 2 aromatic carbocycles. The minimum Gasteiger partial charge on any atom is -0.493 e. The van der Waals surface area contributed by atoms with Gasteiger partial charge in [-0.25, -0.2) is 0 Å². The van der Waals surface area contributed by atoms with E-state index in [1.165, 1.54) is 41.1 Å². The van der Waals surface area contributed by atoms with Crippen molar-refractivity contribution in [3.05, 3.63) is 64.9 Å². The Morgan fingerprint density at radius 1 is 1.07 bits per heavy atom. The first-order chi connectivity index (χ1) is 14.2. The van der Waals surface area contributed by atoms with Crippen molar-refractivity contribution in [2.75, 3.05) is 14.2 Å². The van der Waals surface area contributed by atoms with Crippen LogP contribution in [0.15, 0.2) is 42.5 Å². The lowest BCUT2D eigenvalue weighted by atomic mass is 9.95. The maximum absolute atomic E-state index is 12.3. The van der Waals surface area contributed by atoms with Crippen molar-refractivity contribution >= 4 is 22.9 Å². The molecule has 0 radical (unpaired) electrons. The molecule has 0 aliphatic heterocycles. The third kappa shape index (κ3) is 4.14. The van der Waals surface area contributed by atoms with Crippen molar-refractivity contribution in [3.8, 4) is 11.5 Å². The molecule has 4 rings (SSSR count). The van der Waals surface area contributed by atoms with Gasteiger partial charge in [-0.1, -0.05) is 12.1 Å². The number of carbonyl (C=O) groups excluding carboxylic acids is 1. The number of nitrogens with one attached hydrogen (secondary N) is 2. The molecule has 0 saturated carbocycles. The number of methoxy groups -OCH3 is 2. The molecule has 1 aliphatic carbocycles. The highest BCUT2D eigenvalue weighted by Crippen LogP contribution is 2.30. The molecule has 0 bridgehead atoms. The van der Waals surface area contributed by atoms with Gasteiger partial charge in [-0.3, -0.25) is 4.79 Å². The average molecular weight is 390 g/mol. The van der Waals surface area contributed by atoms with Gasteiger partial charge in [0, 0.05) is 29.2 Å². The molecular weight excluding hydrogens is 364 g/mol. The summed E-state index contributed by atoms with van der Waals surface area (Å²) in [5, 5.41) is 4.26. The minimum absolute atomic E-state index is 0.129. The first-order valence-corrected chi connectivity index (χ1v) is 9.98. The number of carbonyl (C=O) groups is 1. The maximum Gasteiger partial charge on any atom is 0.244 e. The summed E-state index contributed by atoms with van der Waals surface area (Å²) in [5.74, 6) is 1.17. The van der Waals surface area contributed by atoms with Gasteiger partial charge in [-0.2, -0.15) is 0 Å². The molecule has 3 aromatic rings. The normalized spacial score (nSPS) is 13.4. The molecular formula is C24H26N2O3.